The lowest BCUT2D eigenvalue weighted by Gasteiger charge is -2.17. The Kier molecular flexibility index (Phi) is 6.21. The summed E-state index contributed by atoms with van der Waals surface area (Å²) in [4.78, 5) is -0.602. The molecule has 0 saturated heterocycles. The molecule has 0 aliphatic heterocycles. The number of hydrogen-bond acceptors (Lipinski definition) is 5. The molecule has 0 atom stereocenters. The highest BCUT2D eigenvalue weighted by molar-refractivity contribution is 7.92. The second-order valence-corrected chi connectivity index (χ2v) is 10.2. The summed E-state index contributed by atoms with van der Waals surface area (Å²) in [5.41, 5.74) is 0.973. The molecule has 0 heterocycles. The Morgan fingerprint density at radius 3 is 2.14 bits per heavy atom. The van der Waals surface area contributed by atoms with Crippen LogP contribution in [0.4, 0.5) is 18.9 Å². The van der Waals surface area contributed by atoms with Crippen LogP contribution in [0.15, 0.2) is 46.2 Å². The van der Waals surface area contributed by atoms with Gasteiger partial charge in [-0.15, -0.1) is 13.2 Å². The number of nitrogens with zero attached hydrogens (tertiary/aromatic N) is 1. The first kappa shape index (κ1) is 23.0. The van der Waals surface area contributed by atoms with E-state index in [1.54, 1.807) is 13.8 Å². The van der Waals surface area contributed by atoms with Crippen LogP contribution in [0, 0.1) is 13.8 Å². The van der Waals surface area contributed by atoms with Gasteiger partial charge in [-0.05, 0) is 49.2 Å². The van der Waals surface area contributed by atoms with Crippen LogP contribution in [0.5, 0.6) is 5.75 Å². The van der Waals surface area contributed by atoms with Gasteiger partial charge in [-0.25, -0.2) is 21.1 Å². The maximum atomic E-state index is 12.7. The topological polar surface area (TPSA) is 92.8 Å². The lowest BCUT2D eigenvalue weighted by molar-refractivity contribution is -0.274. The summed E-state index contributed by atoms with van der Waals surface area (Å²) in [6.07, 6.45) is -4.97. The summed E-state index contributed by atoms with van der Waals surface area (Å²) in [5.74, 6) is -0.697. The van der Waals surface area contributed by atoms with Crippen LogP contribution >= 0.6 is 0 Å². The van der Waals surface area contributed by atoms with Gasteiger partial charge >= 0.3 is 6.36 Å². The number of nitrogens with one attached hydrogen (secondary N) is 1. The molecule has 0 saturated carbocycles. The first-order valence-corrected chi connectivity index (χ1v) is 11.0. The molecule has 0 aromatic heterocycles. The molecule has 29 heavy (non-hydrogen) atoms. The number of sulfonamides is 2. The maximum absolute atomic E-state index is 12.7. The summed E-state index contributed by atoms with van der Waals surface area (Å²) in [6, 6.07) is 6.44. The monoisotopic (exact) mass is 452 g/mol. The Labute approximate surface area is 167 Å². The van der Waals surface area contributed by atoms with Crippen molar-refractivity contribution in [1.82, 2.24) is 4.31 Å². The number of anilines is 1. The van der Waals surface area contributed by atoms with Crippen LogP contribution < -0.4 is 9.46 Å². The van der Waals surface area contributed by atoms with Gasteiger partial charge in [0.1, 0.15) is 5.75 Å². The molecule has 160 valence electrons. The molecule has 2 rings (SSSR count). The minimum absolute atomic E-state index is 0.00688. The van der Waals surface area contributed by atoms with Crippen molar-refractivity contribution in [2.24, 2.45) is 0 Å². The molecule has 2 aromatic rings. The molecule has 0 amide bonds. The predicted molar refractivity (Wildman–Crippen MR) is 101 cm³/mol. The van der Waals surface area contributed by atoms with Gasteiger partial charge in [0.25, 0.3) is 10.0 Å². The summed E-state index contributed by atoms with van der Waals surface area (Å²) in [6.45, 7) is 3.20. The Hall–Kier alpha value is -2.31. The molecule has 0 radical (unpaired) electrons. The van der Waals surface area contributed by atoms with Crippen molar-refractivity contribution in [2.75, 3.05) is 18.8 Å². The van der Waals surface area contributed by atoms with E-state index in [2.05, 4.69) is 9.46 Å². The van der Waals surface area contributed by atoms with E-state index < -0.39 is 37.1 Å². The van der Waals surface area contributed by atoms with Crippen LogP contribution in [-0.2, 0) is 20.0 Å². The highest BCUT2D eigenvalue weighted by Crippen LogP contribution is 2.29. The van der Waals surface area contributed by atoms with Crippen LogP contribution in [0.25, 0.3) is 0 Å². The molecule has 2 aromatic carbocycles. The smallest absolute Gasteiger partial charge is 0.406 e. The third kappa shape index (κ3) is 5.40. The number of halogens is 3. The fourth-order valence-corrected chi connectivity index (χ4v) is 4.50. The second-order valence-electron chi connectivity index (χ2n) is 6.33. The average Bonchev–Trinajstić information content (AvgIpc) is 2.57. The Morgan fingerprint density at radius 2 is 1.59 bits per heavy atom. The SMILES string of the molecule is Cc1cc(S(=O)(=O)N(C)C)cc(NS(=O)(=O)c2cccc(OC(F)(F)F)c2)c1C. The van der Waals surface area contributed by atoms with Gasteiger partial charge in [-0.3, -0.25) is 4.72 Å². The molecule has 7 nitrogen and oxygen atoms in total. The van der Waals surface area contributed by atoms with Crippen LogP contribution in [-0.4, -0.2) is 41.6 Å². The van der Waals surface area contributed by atoms with Crippen molar-refractivity contribution >= 4 is 25.7 Å². The number of benzene rings is 2. The van der Waals surface area contributed by atoms with E-state index in [1.165, 1.54) is 20.2 Å². The molecule has 0 unspecified atom stereocenters. The molecule has 0 bridgehead atoms. The van der Waals surface area contributed by atoms with Crippen molar-refractivity contribution in [2.45, 2.75) is 30.0 Å². The second kappa shape index (κ2) is 7.84. The van der Waals surface area contributed by atoms with E-state index in [-0.39, 0.29) is 10.6 Å². The third-order valence-corrected chi connectivity index (χ3v) is 7.17. The molecule has 0 fully saturated rings. The fourth-order valence-electron chi connectivity index (χ4n) is 2.33. The number of hydrogen-bond donors (Lipinski definition) is 1. The van der Waals surface area contributed by atoms with E-state index in [0.717, 1.165) is 34.6 Å². The quantitative estimate of drug-likeness (QED) is 0.726. The van der Waals surface area contributed by atoms with Crippen LogP contribution in [0.1, 0.15) is 11.1 Å². The molecule has 0 aliphatic rings. The van der Waals surface area contributed by atoms with Crippen molar-refractivity contribution in [3.05, 3.63) is 47.5 Å². The van der Waals surface area contributed by atoms with Gasteiger partial charge in [0.05, 0.1) is 15.5 Å². The van der Waals surface area contributed by atoms with Gasteiger partial charge in [0.2, 0.25) is 10.0 Å². The van der Waals surface area contributed by atoms with Crippen molar-refractivity contribution in [3.63, 3.8) is 0 Å². The van der Waals surface area contributed by atoms with Crippen LogP contribution in [0.3, 0.4) is 0 Å². The summed E-state index contributed by atoms with van der Waals surface area (Å²) in [7, 11) is -5.48. The third-order valence-electron chi connectivity index (χ3n) is 4.01. The normalized spacial score (nSPS) is 12.8. The zero-order chi connectivity index (χ0) is 22.2. The van der Waals surface area contributed by atoms with E-state index in [1.807, 2.05) is 0 Å². The Morgan fingerprint density at radius 1 is 0.966 bits per heavy atom. The van der Waals surface area contributed by atoms with Gasteiger partial charge in [-0.1, -0.05) is 6.07 Å². The zero-order valence-electron chi connectivity index (χ0n) is 15.9. The van der Waals surface area contributed by atoms with Crippen molar-refractivity contribution < 1.29 is 34.7 Å². The summed E-state index contributed by atoms with van der Waals surface area (Å²) >= 11 is 0. The first-order valence-electron chi connectivity index (χ1n) is 8.06. The Balaban J connectivity index is 2.48. The van der Waals surface area contributed by atoms with Gasteiger partial charge in [0.15, 0.2) is 0 Å². The lowest BCUT2D eigenvalue weighted by Crippen LogP contribution is -2.23. The predicted octanol–water partition coefficient (Wildman–Crippen LogP) is 3.25. The van der Waals surface area contributed by atoms with Gasteiger partial charge in [-0.2, -0.15) is 0 Å². The van der Waals surface area contributed by atoms with E-state index in [0.29, 0.717) is 11.1 Å². The standard InChI is InChI=1S/C17H19F3N2O5S2/c1-11-8-15(29(25,26)22(3)4)10-16(12(11)2)21-28(23,24)14-7-5-6-13(9-14)27-17(18,19)20/h5-10,21H,1-4H3. The van der Waals surface area contributed by atoms with Gasteiger partial charge < -0.3 is 4.74 Å². The van der Waals surface area contributed by atoms with E-state index >= 15 is 0 Å². The number of aryl methyl sites for hydroxylation is 1. The molecule has 0 spiro atoms. The first-order chi connectivity index (χ1) is 13.1. The van der Waals surface area contributed by atoms with E-state index in [9.17, 15) is 30.0 Å². The molecule has 0 aliphatic carbocycles. The molecular formula is C17H19F3N2O5S2. The maximum Gasteiger partial charge on any atom is 0.573 e. The molecule has 1 N–H and O–H groups in total. The minimum Gasteiger partial charge on any atom is -0.406 e. The Bertz CT molecular complexity index is 1130. The highest BCUT2D eigenvalue weighted by Gasteiger charge is 2.31. The lowest BCUT2D eigenvalue weighted by atomic mass is 10.1. The summed E-state index contributed by atoms with van der Waals surface area (Å²) < 4.78 is 94.2. The highest BCUT2D eigenvalue weighted by atomic mass is 32.2. The summed E-state index contributed by atoms with van der Waals surface area (Å²) in [5, 5.41) is 0. The molecular weight excluding hydrogens is 433 g/mol. The largest absolute Gasteiger partial charge is 0.573 e. The zero-order valence-corrected chi connectivity index (χ0v) is 17.5. The van der Waals surface area contributed by atoms with Crippen molar-refractivity contribution in [3.8, 4) is 5.75 Å². The van der Waals surface area contributed by atoms with E-state index in [4.69, 9.17) is 0 Å². The number of alkyl halides is 3. The average molecular weight is 452 g/mol. The molecule has 12 heteroatoms. The van der Waals surface area contributed by atoms with Crippen LogP contribution in [0.2, 0.25) is 0 Å². The fraction of sp³-hybridized carbons (Fsp3) is 0.294. The minimum atomic E-state index is -4.97. The number of ether oxygens (including phenoxy) is 1. The van der Waals surface area contributed by atoms with Gasteiger partial charge in [0, 0.05) is 20.2 Å². The van der Waals surface area contributed by atoms with Crippen molar-refractivity contribution in [1.29, 1.82) is 0 Å². The number of rotatable bonds is 6.